The molecule has 1 aliphatic heterocycles. The van der Waals surface area contributed by atoms with Crippen LogP contribution in [-0.2, 0) is 5.75 Å². The van der Waals surface area contributed by atoms with E-state index in [4.69, 9.17) is 5.11 Å². The summed E-state index contributed by atoms with van der Waals surface area (Å²) >= 11 is 1.56. The van der Waals surface area contributed by atoms with Gasteiger partial charge in [0, 0.05) is 21.8 Å². The molecule has 1 heterocycles. The van der Waals surface area contributed by atoms with E-state index in [0.29, 0.717) is 11.1 Å². The summed E-state index contributed by atoms with van der Waals surface area (Å²) in [7, 11) is 0. The van der Waals surface area contributed by atoms with Gasteiger partial charge in [-0.3, -0.25) is 4.79 Å². The van der Waals surface area contributed by atoms with Crippen LogP contribution in [0.2, 0.25) is 0 Å². The molecular formula is C15H10O3S. The van der Waals surface area contributed by atoms with Gasteiger partial charge in [0.1, 0.15) is 0 Å². The molecule has 0 amide bonds. The highest BCUT2D eigenvalue weighted by Crippen LogP contribution is 2.34. The minimum absolute atomic E-state index is 0.0984. The third kappa shape index (κ3) is 2.04. The highest BCUT2D eigenvalue weighted by Gasteiger charge is 2.22. The maximum atomic E-state index is 12.5. The second-order valence-corrected chi connectivity index (χ2v) is 5.31. The predicted octanol–water partition coefficient (Wildman–Crippen LogP) is 3.22. The summed E-state index contributed by atoms with van der Waals surface area (Å²) in [4.78, 5) is 24.3. The zero-order chi connectivity index (χ0) is 13.4. The van der Waals surface area contributed by atoms with Crippen LogP contribution in [0.25, 0.3) is 0 Å². The van der Waals surface area contributed by atoms with Crippen molar-refractivity contribution in [2.24, 2.45) is 0 Å². The number of rotatable bonds is 1. The van der Waals surface area contributed by atoms with Gasteiger partial charge in [0.2, 0.25) is 0 Å². The number of benzene rings is 2. The molecule has 0 atom stereocenters. The van der Waals surface area contributed by atoms with Gasteiger partial charge in [-0.1, -0.05) is 24.3 Å². The molecule has 1 N–H and O–H groups in total. The first-order chi connectivity index (χ1) is 9.16. The minimum atomic E-state index is -1.02. The Morgan fingerprint density at radius 1 is 1.11 bits per heavy atom. The monoisotopic (exact) mass is 270 g/mol. The van der Waals surface area contributed by atoms with Gasteiger partial charge in [-0.05, 0) is 23.8 Å². The van der Waals surface area contributed by atoms with E-state index in [9.17, 15) is 9.59 Å². The van der Waals surface area contributed by atoms with Crippen molar-refractivity contribution < 1.29 is 14.7 Å². The van der Waals surface area contributed by atoms with Crippen molar-refractivity contribution in [2.75, 3.05) is 0 Å². The van der Waals surface area contributed by atoms with Crippen molar-refractivity contribution in [2.45, 2.75) is 10.6 Å². The molecule has 3 rings (SSSR count). The molecule has 3 nitrogen and oxygen atoms in total. The van der Waals surface area contributed by atoms with E-state index in [2.05, 4.69) is 0 Å². The second kappa shape index (κ2) is 4.55. The van der Waals surface area contributed by atoms with Crippen molar-refractivity contribution in [3.8, 4) is 0 Å². The molecule has 2 aromatic rings. The van der Waals surface area contributed by atoms with Gasteiger partial charge >= 0.3 is 5.97 Å². The van der Waals surface area contributed by atoms with Crippen LogP contribution in [0.15, 0.2) is 47.4 Å². The number of carboxylic acid groups (broad SMARTS) is 1. The zero-order valence-electron chi connectivity index (χ0n) is 9.92. The van der Waals surface area contributed by atoms with E-state index in [0.717, 1.165) is 16.2 Å². The van der Waals surface area contributed by atoms with Gasteiger partial charge in [-0.2, -0.15) is 0 Å². The first kappa shape index (κ1) is 12.0. The number of carboxylic acids is 1. The average Bonchev–Trinajstić information content (AvgIpc) is 2.57. The number of carbonyl (C=O) groups excluding carboxylic acids is 1. The molecule has 0 radical (unpaired) electrons. The van der Waals surface area contributed by atoms with Crippen LogP contribution in [0.5, 0.6) is 0 Å². The van der Waals surface area contributed by atoms with Crippen LogP contribution in [-0.4, -0.2) is 16.9 Å². The minimum Gasteiger partial charge on any atom is -0.478 e. The summed E-state index contributed by atoms with van der Waals surface area (Å²) in [5.41, 5.74) is 2.28. The normalized spacial score (nSPS) is 13.4. The van der Waals surface area contributed by atoms with Crippen LogP contribution in [0.1, 0.15) is 31.8 Å². The Bertz CT molecular complexity index is 692. The molecule has 2 aromatic carbocycles. The summed E-state index contributed by atoms with van der Waals surface area (Å²) in [5, 5.41) is 9.02. The fourth-order valence-electron chi connectivity index (χ4n) is 2.13. The quantitative estimate of drug-likeness (QED) is 0.864. The lowest BCUT2D eigenvalue weighted by Crippen LogP contribution is -2.06. The van der Waals surface area contributed by atoms with Crippen LogP contribution in [0.3, 0.4) is 0 Å². The van der Waals surface area contributed by atoms with Crippen molar-refractivity contribution >= 4 is 23.5 Å². The SMILES string of the molecule is O=C(O)c1ccc2c(c1)C(=O)c1ccccc1CS2. The summed E-state index contributed by atoms with van der Waals surface area (Å²) < 4.78 is 0. The number of hydrogen-bond donors (Lipinski definition) is 1. The molecular weight excluding hydrogens is 260 g/mol. The Balaban J connectivity index is 2.18. The smallest absolute Gasteiger partial charge is 0.335 e. The fourth-order valence-corrected chi connectivity index (χ4v) is 3.17. The highest BCUT2D eigenvalue weighted by atomic mass is 32.2. The van der Waals surface area contributed by atoms with Gasteiger partial charge in [0.15, 0.2) is 5.78 Å². The average molecular weight is 270 g/mol. The Kier molecular flexibility index (Phi) is 2.87. The van der Waals surface area contributed by atoms with Crippen LogP contribution >= 0.6 is 11.8 Å². The lowest BCUT2D eigenvalue weighted by Gasteiger charge is -2.05. The summed E-state index contributed by atoms with van der Waals surface area (Å²) in [6, 6.07) is 12.2. The largest absolute Gasteiger partial charge is 0.478 e. The van der Waals surface area contributed by atoms with Crippen LogP contribution in [0.4, 0.5) is 0 Å². The first-order valence-electron chi connectivity index (χ1n) is 5.79. The van der Waals surface area contributed by atoms with Crippen molar-refractivity contribution in [3.63, 3.8) is 0 Å². The van der Waals surface area contributed by atoms with Gasteiger partial charge in [-0.15, -0.1) is 11.8 Å². The molecule has 1 aliphatic rings. The van der Waals surface area contributed by atoms with Gasteiger partial charge in [0.25, 0.3) is 0 Å². The number of carbonyl (C=O) groups is 2. The third-order valence-electron chi connectivity index (χ3n) is 3.12. The number of ketones is 1. The number of aromatic carboxylic acids is 1. The Morgan fingerprint density at radius 3 is 2.68 bits per heavy atom. The molecule has 0 bridgehead atoms. The van der Waals surface area contributed by atoms with E-state index in [1.807, 2.05) is 18.2 Å². The fraction of sp³-hybridized carbons (Fsp3) is 0.0667. The first-order valence-corrected chi connectivity index (χ1v) is 6.78. The lowest BCUT2D eigenvalue weighted by atomic mass is 9.98. The molecule has 4 heteroatoms. The van der Waals surface area contributed by atoms with E-state index in [1.54, 1.807) is 23.9 Å². The van der Waals surface area contributed by atoms with E-state index >= 15 is 0 Å². The third-order valence-corrected chi connectivity index (χ3v) is 4.24. The lowest BCUT2D eigenvalue weighted by molar-refractivity contribution is 0.0697. The maximum Gasteiger partial charge on any atom is 0.335 e. The van der Waals surface area contributed by atoms with Gasteiger partial charge in [-0.25, -0.2) is 4.79 Å². The number of hydrogen-bond acceptors (Lipinski definition) is 3. The molecule has 0 fully saturated rings. The molecule has 94 valence electrons. The Morgan fingerprint density at radius 2 is 1.89 bits per heavy atom. The zero-order valence-corrected chi connectivity index (χ0v) is 10.7. The standard InChI is InChI=1S/C15H10O3S/c16-14-11-4-2-1-3-10(11)8-19-13-6-5-9(15(17)18)7-12(13)14/h1-7H,8H2,(H,17,18). The predicted molar refractivity (Wildman–Crippen MR) is 72.8 cm³/mol. The van der Waals surface area contributed by atoms with Crippen LogP contribution < -0.4 is 0 Å². The molecule has 19 heavy (non-hydrogen) atoms. The van der Waals surface area contributed by atoms with Crippen molar-refractivity contribution in [1.82, 2.24) is 0 Å². The topological polar surface area (TPSA) is 54.4 Å². The summed E-state index contributed by atoms with van der Waals surface area (Å²) in [6.45, 7) is 0. The van der Waals surface area contributed by atoms with Gasteiger partial charge in [0.05, 0.1) is 5.56 Å². The van der Waals surface area contributed by atoms with Crippen molar-refractivity contribution in [1.29, 1.82) is 0 Å². The Hall–Kier alpha value is -2.07. The van der Waals surface area contributed by atoms with Crippen LogP contribution in [0, 0.1) is 0 Å². The van der Waals surface area contributed by atoms with E-state index < -0.39 is 5.97 Å². The van der Waals surface area contributed by atoms with E-state index in [1.165, 1.54) is 12.1 Å². The second-order valence-electron chi connectivity index (χ2n) is 4.29. The molecule has 0 spiro atoms. The summed E-state index contributed by atoms with van der Waals surface area (Å²) in [6.07, 6.45) is 0. The number of fused-ring (bicyclic) bond motifs is 2. The molecule has 0 aliphatic carbocycles. The molecule has 0 unspecified atom stereocenters. The number of thioether (sulfide) groups is 1. The maximum absolute atomic E-state index is 12.5. The summed E-state index contributed by atoms with van der Waals surface area (Å²) in [5.74, 6) is -0.391. The van der Waals surface area contributed by atoms with E-state index in [-0.39, 0.29) is 11.3 Å². The highest BCUT2D eigenvalue weighted by molar-refractivity contribution is 7.98. The molecule has 0 aromatic heterocycles. The Labute approximate surface area is 114 Å². The van der Waals surface area contributed by atoms with Gasteiger partial charge < -0.3 is 5.11 Å². The molecule has 0 saturated carbocycles. The molecule has 0 saturated heterocycles. The van der Waals surface area contributed by atoms with Crippen molar-refractivity contribution in [3.05, 3.63) is 64.7 Å².